The minimum absolute atomic E-state index is 0.121. The summed E-state index contributed by atoms with van der Waals surface area (Å²) in [7, 11) is 0. The van der Waals surface area contributed by atoms with Crippen LogP contribution >= 0.6 is 0 Å². The maximum absolute atomic E-state index is 12.6. The van der Waals surface area contributed by atoms with Gasteiger partial charge < -0.3 is 0 Å². The Morgan fingerprint density at radius 3 is 1.73 bits per heavy atom. The topological polar surface area (TPSA) is 0 Å². The molecule has 1 unspecified atom stereocenters. The van der Waals surface area contributed by atoms with Crippen LogP contribution in [0.2, 0.25) is 0 Å². The zero-order chi connectivity index (χ0) is 12.1. The highest BCUT2D eigenvalue weighted by atomic mass is 19.4. The van der Waals surface area contributed by atoms with Crippen molar-refractivity contribution in [2.45, 2.75) is 59.6 Å². The van der Waals surface area contributed by atoms with Crippen molar-refractivity contribution in [3.63, 3.8) is 0 Å². The molecule has 15 heavy (non-hydrogen) atoms. The van der Waals surface area contributed by atoms with Gasteiger partial charge in [-0.05, 0) is 24.7 Å². The van der Waals surface area contributed by atoms with Crippen LogP contribution in [0.4, 0.5) is 13.2 Å². The Balaban J connectivity index is 4.03. The van der Waals surface area contributed by atoms with Crippen molar-refractivity contribution >= 4 is 0 Å². The standard InChI is InChI=1S/C12H23F3/c1-9(2)6-5-7-11(8-10(3)4)12(13,14)15/h9-11H,5-8H2,1-4H3. The van der Waals surface area contributed by atoms with E-state index in [1.54, 1.807) is 0 Å². The number of alkyl halides is 3. The molecule has 0 N–H and O–H groups in total. The van der Waals surface area contributed by atoms with Crippen LogP contribution in [0.1, 0.15) is 53.4 Å². The van der Waals surface area contributed by atoms with E-state index in [0.29, 0.717) is 18.8 Å². The second kappa shape index (κ2) is 6.39. The lowest BCUT2D eigenvalue weighted by atomic mass is 9.90. The Morgan fingerprint density at radius 2 is 1.40 bits per heavy atom. The third kappa shape index (κ3) is 7.69. The summed E-state index contributed by atoms with van der Waals surface area (Å²) in [4.78, 5) is 0. The molecule has 0 spiro atoms. The summed E-state index contributed by atoms with van der Waals surface area (Å²) in [6.07, 6.45) is -1.87. The molecule has 0 rings (SSSR count). The van der Waals surface area contributed by atoms with Crippen molar-refractivity contribution in [2.75, 3.05) is 0 Å². The van der Waals surface area contributed by atoms with Gasteiger partial charge in [-0.15, -0.1) is 0 Å². The van der Waals surface area contributed by atoms with Crippen molar-refractivity contribution in [3.05, 3.63) is 0 Å². The van der Waals surface area contributed by atoms with E-state index in [9.17, 15) is 13.2 Å². The number of hydrogen-bond donors (Lipinski definition) is 0. The second-order valence-corrected chi connectivity index (χ2v) is 5.19. The van der Waals surface area contributed by atoms with Gasteiger partial charge in [-0.3, -0.25) is 0 Å². The highest BCUT2D eigenvalue weighted by Gasteiger charge is 2.38. The first-order valence-electron chi connectivity index (χ1n) is 5.80. The van der Waals surface area contributed by atoms with Crippen LogP contribution in [0.5, 0.6) is 0 Å². The van der Waals surface area contributed by atoms with Crippen molar-refractivity contribution in [1.29, 1.82) is 0 Å². The SMILES string of the molecule is CC(C)CCCC(CC(C)C)C(F)(F)F. The Morgan fingerprint density at radius 1 is 0.867 bits per heavy atom. The normalized spacial score (nSPS) is 15.0. The molecule has 0 fully saturated rings. The fourth-order valence-corrected chi connectivity index (χ4v) is 1.76. The van der Waals surface area contributed by atoms with Crippen molar-refractivity contribution < 1.29 is 13.2 Å². The Kier molecular flexibility index (Phi) is 6.30. The van der Waals surface area contributed by atoms with Gasteiger partial charge in [-0.25, -0.2) is 0 Å². The minimum atomic E-state index is -4.01. The smallest absolute Gasteiger partial charge is 0.171 e. The molecule has 0 aromatic carbocycles. The molecule has 0 aromatic rings. The maximum Gasteiger partial charge on any atom is 0.391 e. The third-order valence-corrected chi connectivity index (χ3v) is 2.55. The van der Waals surface area contributed by atoms with Gasteiger partial charge in [0.15, 0.2) is 0 Å². The first-order chi connectivity index (χ1) is 6.73. The van der Waals surface area contributed by atoms with E-state index in [0.717, 1.165) is 6.42 Å². The molecule has 0 saturated carbocycles. The molecule has 1 atom stereocenters. The molecule has 92 valence electrons. The zero-order valence-electron chi connectivity index (χ0n) is 10.2. The van der Waals surface area contributed by atoms with Crippen LogP contribution in [0.15, 0.2) is 0 Å². The summed E-state index contributed by atoms with van der Waals surface area (Å²) < 4.78 is 37.8. The van der Waals surface area contributed by atoms with E-state index in [4.69, 9.17) is 0 Å². The van der Waals surface area contributed by atoms with Crippen molar-refractivity contribution in [2.24, 2.45) is 17.8 Å². The molecular weight excluding hydrogens is 201 g/mol. The van der Waals surface area contributed by atoms with Gasteiger partial charge in [-0.2, -0.15) is 13.2 Å². The summed E-state index contributed by atoms with van der Waals surface area (Å²) in [6, 6.07) is 0. The zero-order valence-corrected chi connectivity index (χ0v) is 10.2. The van der Waals surface area contributed by atoms with E-state index in [-0.39, 0.29) is 12.3 Å². The van der Waals surface area contributed by atoms with Crippen LogP contribution in [-0.2, 0) is 0 Å². The van der Waals surface area contributed by atoms with Gasteiger partial charge in [0.25, 0.3) is 0 Å². The highest BCUT2D eigenvalue weighted by molar-refractivity contribution is 4.69. The first kappa shape index (κ1) is 14.8. The predicted octanol–water partition coefficient (Wildman–Crippen LogP) is 5.04. The van der Waals surface area contributed by atoms with Gasteiger partial charge in [0.2, 0.25) is 0 Å². The van der Waals surface area contributed by atoms with Crippen LogP contribution in [-0.4, -0.2) is 6.18 Å². The molecule has 0 nitrogen and oxygen atoms in total. The lowest BCUT2D eigenvalue weighted by Crippen LogP contribution is -2.24. The fourth-order valence-electron chi connectivity index (χ4n) is 1.76. The Bertz CT molecular complexity index is 159. The minimum Gasteiger partial charge on any atom is -0.171 e. The lowest BCUT2D eigenvalue weighted by molar-refractivity contribution is -0.180. The fraction of sp³-hybridized carbons (Fsp3) is 1.00. The average Bonchev–Trinajstić information content (AvgIpc) is 1.99. The molecule has 0 aromatic heterocycles. The molecule has 0 amide bonds. The lowest BCUT2D eigenvalue weighted by Gasteiger charge is -2.22. The van der Waals surface area contributed by atoms with E-state index in [1.807, 2.05) is 27.7 Å². The number of halogens is 3. The van der Waals surface area contributed by atoms with Crippen molar-refractivity contribution in [1.82, 2.24) is 0 Å². The molecule has 0 radical (unpaired) electrons. The number of hydrogen-bond acceptors (Lipinski definition) is 0. The van der Waals surface area contributed by atoms with E-state index in [1.165, 1.54) is 0 Å². The second-order valence-electron chi connectivity index (χ2n) is 5.19. The largest absolute Gasteiger partial charge is 0.391 e. The summed E-state index contributed by atoms with van der Waals surface area (Å²) in [6.45, 7) is 7.79. The average molecular weight is 224 g/mol. The quantitative estimate of drug-likeness (QED) is 0.593. The molecule has 3 heteroatoms. The third-order valence-electron chi connectivity index (χ3n) is 2.55. The van der Waals surface area contributed by atoms with E-state index < -0.39 is 12.1 Å². The summed E-state index contributed by atoms with van der Waals surface area (Å²) in [5, 5.41) is 0. The molecule has 0 bridgehead atoms. The van der Waals surface area contributed by atoms with Gasteiger partial charge >= 0.3 is 6.18 Å². The van der Waals surface area contributed by atoms with E-state index >= 15 is 0 Å². The van der Waals surface area contributed by atoms with Crippen molar-refractivity contribution in [3.8, 4) is 0 Å². The molecule has 0 aliphatic heterocycles. The molecular formula is C12H23F3. The first-order valence-corrected chi connectivity index (χ1v) is 5.80. The van der Waals surface area contributed by atoms with Gasteiger partial charge in [0.05, 0.1) is 5.92 Å². The monoisotopic (exact) mass is 224 g/mol. The summed E-state index contributed by atoms with van der Waals surface area (Å²) in [5.74, 6) is -0.482. The van der Waals surface area contributed by atoms with Crippen LogP contribution in [0.25, 0.3) is 0 Å². The van der Waals surface area contributed by atoms with Gasteiger partial charge in [0.1, 0.15) is 0 Å². The molecule has 0 aliphatic carbocycles. The molecule has 0 aliphatic rings. The Labute approximate surface area is 91.3 Å². The van der Waals surface area contributed by atoms with Gasteiger partial charge in [-0.1, -0.05) is 40.5 Å². The Hall–Kier alpha value is -0.210. The predicted molar refractivity (Wildman–Crippen MR) is 57.7 cm³/mol. The maximum atomic E-state index is 12.6. The van der Waals surface area contributed by atoms with E-state index in [2.05, 4.69) is 0 Å². The number of rotatable bonds is 6. The molecule has 0 heterocycles. The van der Waals surface area contributed by atoms with Crippen LogP contribution in [0.3, 0.4) is 0 Å². The summed E-state index contributed by atoms with van der Waals surface area (Å²) in [5.41, 5.74) is 0. The van der Waals surface area contributed by atoms with Crippen LogP contribution in [0, 0.1) is 17.8 Å². The highest BCUT2D eigenvalue weighted by Crippen LogP contribution is 2.35. The molecule has 0 saturated heterocycles. The summed E-state index contributed by atoms with van der Waals surface area (Å²) >= 11 is 0. The van der Waals surface area contributed by atoms with Gasteiger partial charge in [0, 0.05) is 0 Å². The van der Waals surface area contributed by atoms with Crippen LogP contribution < -0.4 is 0 Å².